The number of aromatic nitrogens is 4. The molecule has 2 aliphatic heterocycles. The number of hydrogen-bond donors (Lipinski definition) is 2. The number of anilines is 3. The minimum Gasteiger partial charge on any atom is -0.355 e. The predicted molar refractivity (Wildman–Crippen MR) is 148 cm³/mol. The highest BCUT2D eigenvalue weighted by Crippen LogP contribution is 2.40. The predicted octanol–water partition coefficient (Wildman–Crippen LogP) is 3.10. The molecule has 1 saturated carbocycles. The van der Waals surface area contributed by atoms with E-state index in [4.69, 9.17) is 0 Å². The first-order chi connectivity index (χ1) is 17.8. The van der Waals surface area contributed by atoms with E-state index in [0.717, 1.165) is 75.2 Å². The summed E-state index contributed by atoms with van der Waals surface area (Å²) in [6.07, 6.45) is 5.54. The van der Waals surface area contributed by atoms with Crippen LogP contribution in [-0.2, 0) is 4.79 Å². The van der Waals surface area contributed by atoms with Crippen molar-refractivity contribution in [3.63, 3.8) is 0 Å². The van der Waals surface area contributed by atoms with Gasteiger partial charge in [-0.15, -0.1) is 15.3 Å². The molecule has 1 unspecified atom stereocenters. The van der Waals surface area contributed by atoms with Gasteiger partial charge in [0, 0.05) is 45.3 Å². The second-order valence-corrected chi connectivity index (χ2v) is 12.8. The van der Waals surface area contributed by atoms with Crippen molar-refractivity contribution >= 4 is 33.3 Å². The van der Waals surface area contributed by atoms with Crippen LogP contribution in [0, 0.1) is 18.3 Å². The second kappa shape index (κ2) is 11.2. The van der Waals surface area contributed by atoms with Crippen molar-refractivity contribution in [3.05, 3.63) is 17.8 Å². The SMILES string of the molecule is Cc1ccc(N2CC[C@@H](Nc3nnc(NC(=O)C(C4CCC(C)(C)CC4)N4CCN(C)CC4)s3)C2)nn1. The molecule has 1 aliphatic carbocycles. The zero-order chi connectivity index (χ0) is 26.0. The molecule has 2 aromatic heterocycles. The van der Waals surface area contributed by atoms with Crippen molar-refractivity contribution in [2.75, 3.05) is 61.8 Å². The molecule has 5 rings (SSSR count). The fourth-order valence-electron chi connectivity index (χ4n) is 5.85. The van der Waals surface area contributed by atoms with Crippen LogP contribution >= 0.6 is 11.3 Å². The summed E-state index contributed by atoms with van der Waals surface area (Å²) in [6, 6.07) is 4.16. The van der Waals surface area contributed by atoms with Gasteiger partial charge in [0.05, 0.1) is 11.7 Å². The Morgan fingerprint density at radius 3 is 2.43 bits per heavy atom. The lowest BCUT2D eigenvalue weighted by Crippen LogP contribution is -2.56. The van der Waals surface area contributed by atoms with Gasteiger partial charge < -0.3 is 15.1 Å². The van der Waals surface area contributed by atoms with Crippen LogP contribution in [0.1, 0.15) is 51.6 Å². The van der Waals surface area contributed by atoms with Crippen LogP contribution in [0.25, 0.3) is 0 Å². The topological polar surface area (TPSA) is 102 Å². The van der Waals surface area contributed by atoms with Crippen LogP contribution in [0.3, 0.4) is 0 Å². The smallest absolute Gasteiger partial charge is 0.243 e. The molecule has 1 amide bonds. The standard InChI is InChI=1S/C26H41N9OS/c1-18-5-6-21(30-29-18)35-12-9-20(17-35)27-24-31-32-25(37-24)28-23(36)22(34-15-13-33(4)14-16-34)19-7-10-26(2,3)11-8-19/h5-6,19-20,22H,7-17H2,1-4H3,(H,27,31)(H,28,32,36)/t20-,22?/m1/s1. The van der Waals surface area contributed by atoms with Gasteiger partial charge in [0.1, 0.15) is 0 Å². The van der Waals surface area contributed by atoms with E-state index < -0.39 is 0 Å². The number of aryl methyl sites for hydroxylation is 1. The van der Waals surface area contributed by atoms with Gasteiger partial charge in [-0.05, 0) is 69.5 Å². The number of hydrogen-bond acceptors (Lipinski definition) is 10. The minimum absolute atomic E-state index is 0.0712. The second-order valence-electron chi connectivity index (χ2n) is 11.8. The third kappa shape index (κ3) is 6.56. The van der Waals surface area contributed by atoms with Crippen LogP contribution in [0.15, 0.2) is 12.1 Å². The monoisotopic (exact) mass is 527 g/mol. The third-order valence-corrected chi connectivity index (χ3v) is 9.08. The maximum absolute atomic E-state index is 13.7. The van der Waals surface area contributed by atoms with E-state index >= 15 is 0 Å². The van der Waals surface area contributed by atoms with E-state index in [9.17, 15) is 4.79 Å². The highest BCUT2D eigenvalue weighted by Gasteiger charge is 2.39. The number of amides is 1. The Morgan fingerprint density at radius 1 is 1.00 bits per heavy atom. The molecule has 0 aromatic carbocycles. The molecular formula is C26H41N9OS. The summed E-state index contributed by atoms with van der Waals surface area (Å²) in [5, 5.41) is 25.1. The number of likely N-dealkylation sites (N-methyl/N-ethyl adjacent to an activating group) is 1. The molecule has 3 fully saturated rings. The third-order valence-electron chi connectivity index (χ3n) is 8.31. The molecule has 3 aliphatic rings. The lowest BCUT2D eigenvalue weighted by atomic mass is 9.70. The summed E-state index contributed by atoms with van der Waals surface area (Å²) >= 11 is 1.42. The van der Waals surface area contributed by atoms with E-state index in [1.54, 1.807) is 0 Å². The average Bonchev–Trinajstić information content (AvgIpc) is 3.52. The molecule has 4 heterocycles. The van der Waals surface area contributed by atoms with E-state index in [1.165, 1.54) is 24.2 Å². The van der Waals surface area contributed by atoms with Gasteiger partial charge in [-0.2, -0.15) is 5.10 Å². The summed E-state index contributed by atoms with van der Waals surface area (Å²) in [5.74, 6) is 1.36. The molecule has 2 aromatic rings. The summed E-state index contributed by atoms with van der Waals surface area (Å²) in [6.45, 7) is 12.3. The number of piperazine rings is 1. The number of carbonyl (C=O) groups is 1. The molecule has 0 spiro atoms. The fraction of sp³-hybridized carbons (Fsp3) is 0.731. The molecule has 2 atom stereocenters. The van der Waals surface area contributed by atoms with Crippen LogP contribution in [0.2, 0.25) is 0 Å². The number of nitrogens with zero attached hydrogens (tertiary/aromatic N) is 7. The average molecular weight is 528 g/mol. The molecular weight excluding hydrogens is 486 g/mol. The summed E-state index contributed by atoms with van der Waals surface area (Å²) in [7, 11) is 2.16. The molecule has 11 heteroatoms. The summed E-state index contributed by atoms with van der Waals surface area (Å²) < 4.78 is 0. The van der Waals surface area contributed by atoms with E-state index in [1.807, 2.05) is 19.1 Å². The van der Waals surface area contributed by atoms with Gasteiger partial charge in [0.2, 0.25) is 16.2 Å². The fourth-order valence-corrected chi connectivity index (χ4v) is 6.57. The first-order valence-corrected chi connectivity index (χ1v) is 14.5. The molecule has 2 saturated heterocycles. The minimum atomic E-state index is -0.107. The quantitative estimate of drug-likeness (QED) is 0.562. The first kappa shape index (κ1) is 26.2. The summed E-state index contributed by atoms with van der Waals surface area (Å²) in [5.41, 5.74) is 1.30. The lowest BCUT2D eigenvalue weighted by molar-refractivity contribution is -0.125. The maximum atomic E-state index is 13.7. The molecule has 0 radical (unpaired) electrons. The Balaban J connectivity index is 1.19. The van der Waals surface area contributed by atoms with E-state index in [-0.39, 0.29) is 18.0 Å². The van der Waals surface area contributed by atoms with Crippen molar-refractivity contribution in [1.82, 2.24) is 30.2 Å². The normalized spacial score (nSPS) is 24.2. The van der Waals surface area contributed by atoms with Crippen LogP contribution < -0.4 is 15.5 Å². The van der Waals surface area contributed by atoms with E-state index in [2.05, 4.69) is 66.6 Å². The molecule has 0 bridgehead atoms. The number of nitrogens with one attached hydrogen (secondary N) is 2. The van der Waals surface area contributed by atoms with Gasteiger partial charge >= 0.3 is 0 Å². The Bertz CT molecular complexity index is 1040. The maximum Gasteiger partial charge on any atom is 0.243 e. The number of rotatable bonds is 7. The van der Waals surface area contributed by atoms with Crippen molar-refractivity contribution in [3.8, 4) is 0 Å². The van der Waals surface area contributed by atoms with Crippen LogP contribution in [0.4, 0.5) is 16.1 Å². The Hall–Kier alpha value is -2.37. The lowest BCUT2D eigenvalue weighted by Gasteiger charge is -2.44. The van der Waals surface area contributed by atoms with Crippen LogP contribution in [-0.4, -0.2) is 94.5 Å². The van der Waals surface area contributed by atoms with E-state index in [0.29, 0.717) is 16.5 Å². The Kier molecular flexibility index (Phi) is 7.92. The molecule has 37 heavy (non-hydrogen) atoms. The van der Waals surface area contributed by atoms with Gasteiger partial charge in [0.15, 0.2) is 5.82 Å². The Labute approximate surface area is 224 Å². The summed E-state index contributed by atoms with van der Waals surface area (Å²) in [4.78, 5) is 20.6. The van der Waals surface area contributed by atoms with Gasteiger partial charge in [-0.3, -0.25) is 15.0 Å². The number of carbonyl (C=O) groups excluding carboxylic acids is 1. The zero-order valence-electron chi connectivity index (χ0n) is 22.6. The van der Waals surface area contributed by atoms with Crippen molar-refractivity contribution in [1.29, 1.82) is 0 Å². The molecule has 2 N–H and O–H groups in total. The first-order valence-electron chi connectivity index (χ1n) is 13.6. The van der Waals surface area contributed by atoms with Crippen LogP contribution in [0.5, 0.6) is 0 Å². The molecule has 202 valence electrons. The van der Waals surface area contributed by atoms with Gasteiger partial charge in [-0.25, -0.2) is 0 Å². The highest BCUT2D eigenvalue weighted by molar-refractivity contribution is 7.19. The van der Waals surface area contributed by atoms with Crippen molar-refractivity contribution in [2.45, 2.75) is 65.0 Å². The van der Waals surface area contributed by atoms with Gasteiger partial charge in [-0.1, -0.05) is 25.2 Å². The van der Waals surface area contributed by atoms with Gasteiger partial charge in [0.25, 0.3) is 0 Å². The van der Waals surface area contributed by atoms with Crippen molar-refractivity contribution in [2.24, 2.45) is 11.3 Å². The Morgan fingerprint density at radius 2 is 1.73 bits per heavy atom. The highest BCUT2D eigenvalue weighted by atomic mass is 32.1. The molecule has 10 nitrogen and oxygen atoms in total. The largest absolute Gasteiger partial charge is 0.355 e. The van der Waals surface area contributed by atoms with Crippen molar-refractivity contribution < 1.29 is 4.79 Å². The zero-order valence-corrected chi connectivity index (χ0v) is 23.4.